The molecule has 130 valence electrons. The van der Waals surface area contributed by atoms with Gasteiger partial charge < -0.3 is 10.0 Å². The van der Waals surface area contributed by atoms with Crippen molar-refractivity contribution in [3.63, 3.8) is 0 Å². The van der Waals surface area contributed by atoms with Gasteiger partial charge in [0.1, 0.15) is 0 Å². The van der Waals surface area contributed by atoms with Gasteiger partial charge >= 0.3 is 0 Å². The van der Waals surface area contributed by atoms with Crippen LogP contribution in [0.1, 0.15) is 28.3 Å². The first-order valence-electron chi connectivity index (χ1n) is 8.80. The average molecular weight is 343 g/mol. The number of nitrogens with zero attached hydrogens (tertiary/aromatic N) is 1. The second-order valence-electron chi connectivity index (χ2n) is 6.86. The van der Waals surface area contributed by atoms with E-state index in [4.69, 9.17) is 0 Å². The standard InChI is InChI=1S/C23H21NO2/c1-17-12-14-19(15-13-17)21-23(26,20-10-6-3-7-11-20)22(25)24(21)16-18-8-4-2-5-9-18/h2-15,21,26H,16H2,1H3/t21-,23+/m0/s1. The molecule has 1 aliphatic rings. The Morgan fingerprint density at radius 2 is 1.46 bits per heavy atom. The maximum atomic E-state index is 13.0. The van der Waals surface area contributed by atoms with Gasteiger partial charge in [-0.25, -0.2) is 0 Å². The molecule has 0 bridgehead atoms. The molecule has 2 atom stereocenters. The van der Waals surface area contributed by atoms with E-state index in [1.807, 2.05) is 91.9 Å². The molecule has 3 aromatic carbocycles. The van der Waals surface area contributed by atoms with Crippen LogP contribution >= 0.6 is 0 Å². The second-order valence-corrected chi connectivity index (χ2v) is 6.86. The lowest BCUT2D eigenvalue weighted by Gasteiger charge is -2.53. The number of benzene rings is 3. The molecule has 0 spiro atoms. The molecular formula is C23H21NO2. The maximum absolute atomic E-state index is 13.0. The number of aliphatic hydroxyl groups is 1. The fourth-order valence-electron chi connectivity index (χ4n) is 3.70. The van der Waals surface area contributed by atoms with Crippen molar-refractivity contribution in [2.75, 3.05) is 0 Å². The number of carbonyl (C=O) groups is 1. The summed E-state index contributed by atoms with van der Waals surface area (Å²) in [6, 6.07) is 26.7. The van der Waals surface area contributed by atoms with Gasteiger partial charge in [0, 0.05) is 6.54 Å². The van der Waals surface area contributed by atoms with Gasteiger partial charge in [-0.2, -0.15) is 0 Å². The molecule has 0 radical (unpaired) electrons. The molecule has 1 amide bonds. The van der Waals surface area contributed by atoms with Crippen molar-refractivity contribution in [1.29, 1.82) is 0 Å². The predicted molar refractivity (Wildman–Crippen MR) is 101 cm³/mol. The zero-order valence-electron chi connectivity index (χ0n) is 14.7. The molecular weight excluding hydrogens is 322 g/mol. The first-order chi connectivity index (χ1) is 12.6. The predicted octanol–water partition coefficient (Wildman–Crippen LogP) is 3.97. The second kappa shape index (κ2) is 6.43. The van der Waals surface area contributed by atoms with E-state index in [2.05, 4.69) is 0 Å². The molecule has 1 N–H and O–H groups in total. The number of amides is 1. The van der Waals surface area contributed by atoms with Gasteiger partial charge in [0.05, 0.1) is 6.04 Å². The summed E-state index contributed by atoms with van der Waals surface area (Å²) >= 11 is 0. The van der Waals surface area contributed by atoms with Crippen LogP contribution in [0.5, 0.6) is 0 Å². The highest BCUT2D eigenvalue weighted by atomic mass is 16.3. The summed E-state index contributed by atoms with van der Waals surface area (Å²) in [6.07, 6.45) is 0. The first kappa shape index (κ1) is 16.6. The molecule has 0 aliphatic carbocycles. The summed E-state index contributed by atoms with van der Waals surface area (Å²) in [6.45, 7) is 2.51. The fraction of sp³-hybridized carbons (Fsp3) is 0.174. The summed E-state index contributed by atoms with van der Waals surface area (Å²) in [5, 5.41) is 11.4. The van der Waals surface area contributed by atoms with Crippen LogP contribution in [0.25, 0.3) is 0 Å². The summed E-state index contributed by atoms with van der Waals surface area (Å²) < 4.78 is 0. The Morgan fingerprint density at radius 1 is 0.885 bits per heavy atom. The molecule has 1 heterocycles. The van der Waals surface area contributed by atoms with Crippen molar-refractivity contribution in [2.24, 2.45) is 0 Å². The Balaban J connectivity index is 1.75. The third kappa shape index (κ3) is 2.61. The summed E-state index contributed by atoms with van der Waals surface area (Å²) in [7, 11) is 0. The maximum Gasteiger partial charge on any atom is 0.262 e. The molecule has 1 fully saturated rings. The van der Waals surface area contributed by atoms with Crippen LogP contribution in [0.4, 0.5) is 0 Å². The minimum Gasteiger partial charge on any atom is -0.373 e. The number of hydrogen-bond acceptors (Lipinski definition) is 2. The smallest absolute Gasteiger partial charge is 0.262 e. The molecule has 3 heteroatoms. The highest BCUT2D eigenvalue weighted by Gasteiger charge is 2.61. The van der Waals surface area contributed by atoms with E-state index >= 15 is 0 Å². The molecule has 1 aliphatic heterocycles. The monoisotopic (exact) mass is 343 g/mol. The number of hydrogen-bond donors (Lipinski definition) is 1. The normalized spacial score (nSPS) is 22.2. The number of aryl methyl sites for hydroxylation is 1. The minimum atomic E-state index is -1.52. The number of likely N-dealkylation sites (tertiary alicyclic amines) is 1. The van der Waals surface area contributed by atoms with Crippen LogP contribution in [0.15, 0.2) is 84.9 Å². The number of β-lactam (4-membered cyclic amide) rings is 1. The van der Waals surface area contributed by atoms with Crippen molar-refractivity contribution in [3.8, 4) is 0 Å². The quantitative estimate of drug-likeness (QED) is 0.728. The summed E-state index contributed by atoms with van der Waals surface area (Å²) in [4.78, 5) is 14.8. The Bertz CT molecular complexity index is 906. The van der Waals surface area contributed by atoms with Crippen molar-refractivity contribution in [3.05, 3.63) is 107 Å². The molecule has 4 rings (SSSR count). The number of rotatable bonds is 4. The molecule has 26 heavy (non-hydrogen) atoms. The highest BCUT2D eigenvalue weighted by Crippen LogP contribution is 2.50. The van der Waals surface area contributed by atoms with Gasteiger partial charge in [-0.05, 0) is 23.6 Å². The Kier molecular flexibility index (Phi) is 4.09. The topological polar surface area (TPSA) is 40.5 Å². The van der Waals surface area contributed by atoms with Gasteiger partial charge in [0.25, 0.3) is 5.91 Å². The number of carbonyl (C=O) groups excluding carboxylic acids is 1. The van der Waals surface area contributed by atoms with Gasteiger partial charge in [-0.1, -0.05) is 90.5 Å². The van der Waals surface area contributed by atoms with Gasteiger partial charge in [-0.15, -0.1) is 0 Å². The third-order valence-electron chi connectivity index (χ3n) is 5.10. The Hall–Kier alpha value is -2.91. The Morgan fingerprint density at radius 3 is 2.08 bits per heavy atom. The molecule has 0 unspecified atom stereocenters. The molecule has 1 saturated heterocycles. The van der Waals surface area contributed by atoms with E-state index in [1.54, 1.807) is 4.90 Å². The largest absolute Gasteiger partial charge is 0.373 e. The van der Waals surface area contributed by atoms with E-state index in [0.717, 1.165) is 16.7 Å². The summed E-state index contributed by atoms with van der Waals surface area (Å²) in [5.74, 6) is -0.252. The van der Waals surface area contributed by atoms with Crippen LogP contribution in [0.3, 0.4) is 0 Å². The van der Waals surface area contributed by atoms with Crippen molar-refractivity contribution in [1.82, 2.24) is 4.90 Å². The minimum absolute atomic E-state index is 0.252. The van der Waals surface area contributed by atoms with Crippen molar-refractivity contribution in [2.45, 2.75) is 25.1 Å². The van der Waals surface area contributed by atoms with Gasteiger partial charge in [-0.3, -0.25) is 4.79 Å². The van der Waals surface area contributed by atoms with Crippen LogP contribution in [-0.4, -0.2) is 15.9 Å². The lowest BCUT2D eigenvalue weighted by atomic mass is 9.73. The van der Waals surface area contributed by atoms with E-state index in [9.17, 15) is 9.90 Å². The Labute approximate surface area is 153 Å². The van der Waals surface area contributed by atoms with E-state index in [1.165, 1.54) is 0 Å². The lowest BCUT2D eigenvalue weighted by molar-refractivity contribution is -0.198. The first-order valence-corrected chi connectivity index (χ1v) is 8.80. The SMILES string of the molecule is Cc1ccc([C@@H]2N(Cc3ccccc3)C(=O)[C@@]2(O)c2ccccc2)cc1. The van der Waals surface area contributed by atoms with Gasteiger partial charge in [0.2, 0.25) is 0 Å². The summed E-state index contributed by atoms with van der Waals surface area (Å²) in [5.41, 5.74) is 2.26. The van der Waals surface area contributed by atoms with Gasteiger partial charge in [0.15, 0.2) is 5.60 Å². The van der Waals surface area contributed by atoms with Crippen LogP contribution in [0, 0.1) is 6.92 Å². The van der Waals surface area contributed by atoms with Crippen molar-refractivity contribution >= 4 is 5.91 Å². The molecule has 0 aromatic heterocycles. The lowest BCUT2D eigenvalue weighted by Crippen LogP contribution is -2.65. The van der Waals surface area contributed by atoms with E-state index in [0.29, 0.717) is 12.1 Å². The van der Waals surface area contributed by atoms with Crippen LogP contribution < -0.4 is 0 Å². The van der Waals surface area contributed by atoms with Crippen LogP contribution in [0.2, 0.25) is 0 Å². The van der Waals surface area contributed by atoms with E-state index in [-0.39, 0.29) is 5.91 Å². The average Bonchev–Trinajstić information content (AvgIpc) is 2.70. The zero-order chi connectivity index (χ0) is 18.1. The zero-order valence-corrected chi connectivity index (χ0v) is 14.7. The molecule has 0 saturated carbocycles. The van der Waals surface area contributed by atoms with Crippen molar-refractivity contribution < 1.29 is 9.90 Å². The molecule has 3 nitrogen and oxygen atoms in total. The van der Waals surface area contributed by atoms with E-state index < -0.39 is 11.6 Å². The fourth-order valence-corrected chi connectivity index (χ4v) is 3.70. The molecule has 3 aromatic rings. The third-order valence-corrected chi connectivity index (χ3v) is 5.10. The van der Waals surface area contributed by atoms with Crippen LogP contribution in [-0.2, 0) is 16.9 Å². The highest BCUT2D eigenvalue weighted by molar-refractivity contribution is 5.94.